The molecule has 0 fully saturated rings. The predicted octanol–water partition coefficient (Wildman–Crippen LogP) is 2.11. The van der Waals surface area contributed by atoms with Crippen LogP contribution in [0.15, 0.2) is 29.3 Å². The second-order valence-corrected chi connectivity index (χ2v) is 2.87. The standard InChI is InChI=1S/C10H12N2O/c1-2-13-12-7-9-5-3-4-6-10(9)11-8-12/h3-6,8H,2,7H2,1H3. The number of hydroxylamine groups is 2. The highest BCUT2D eigenvalue weighted by molar-refractivity contribution is 5.65. The van der Waals surface area contributed by atoms with Crippen molar-refractivity contribution in [1.29, 1.82) is 0 Å². The summed E-state index contributed by atoms with van der Waals surface area (Å²) in [5, 5.41) is 1.75. The molecule has 68 valence electrons. The number of hydrogen-bond donors (Lipinski definition) is 0. The van der Waals surface area contributed by atoms with Crippen molar-refractivity contribution in [2.45, 2.75) is 13.5 Å². The van der Waals surface area contributed by atoms with E-state index in [-0.39, 0.29) is 0 Å². The van der Waals surface area contributed by atoms with Crippen LogP contribution in [0.2, 0.25) is 0 Å². The third-order valence-electron chi connectivity index (χ3n) is 1.94. The van der Waals surface area contributed by atoms with Crippen molar-refractivity contribution >= 4 is 12.0 Å². The number of hydrogen-bond acceptors (Lipinski definition) is 3. The van der Waals surface area contributed by atoms with Crippen LogP contribution < -0.4 is 0 Å². The van der Waals surface area contributed by atoms with Crippen molar-refractivity contribution in [1.82, 2.24) is 5.06 Å². The van der Waals surface area contributed by atoms with Crippen LogP contribution in [0, 0.1) is 0 Å². The lowest BCUT2D eigenvalue weighted by molar-refractivity contribution is -0.0963. The van der Waals surface area contributed by atoms with Gasteiger partial charge in [0, 0.05) is 0 Å². The Morgan fingerprint density at radius 2 is 2.31 bits per heavy atom. The summed E-state index contributed by atoms with van der Waals surface area (Å²) in [5.74, 6) is 0. The molecule has 1 heterocycles. The molecule has 13 heavy (non-hydrogen) atoms. The molecule has 2 rings (SSSR count). The Morgan fingerprint density at radius 3 is 3.15 bits per heavy atom. The van der Waals surface area contributed by atoms with Gasteiger partial charge in [0.2, 0.25) is 0 Å². The fourth-order valence-corrected chi connectivity index (χ4v) is 1.35. The van der Waals surface area contributed by atoms with Gasteiger partial charge in [-0.25, -0.2) is 10.1 Å². The summed E-state index contributed by atoms with van der Waals surface area (Å²) in [4.78, 5) is 9.59. The molecule has 3 nitrogen and oxygen atoms in total. The summed E-state index contributed by atoms with van der Waals surface area (Å²) in [6.07, 6.45) is 1.73. The van der Waals surface area contributed by atoms with E-state index in [9.17, 15) is 0 Å². The molecule has 0 spiro atoms. The molecular weight excluding hydrogens is 164 g/mol. The van der Waals surface area contributed by atoms with Gasteiger partial charge in [-0.05, 0) is 18.6 Å². The zero-order valence-electron chi connectivity index (χ0n) is 7.60. The molecule has 1 aromatic carbocycles. The first-order chi connectivity index (χ1) is 6.40. The molecule has 0 aromatic heterocycles. The molecule has 0 unspecified atom stereocenters. The SMILES string of the molecule is CCON1C=Nc2ccccc2C1. The molecule has 3 heteroatoms. The number of fused-ring (bicyclic) bond motifs is 1. The smallest absolute Gasteiger partial charge is 0.117 e. The van der Waals surface area contributed by atoms with E-state index >= 15 is 0 Å². The van der Waals surface area contributed by atoms with E-state index in [4.69, 9.17) is 4.84 Å². The Labute approximate surface area is 77.6 Å². The second kappa shape index (κ2) is 3.58. The van der Waals surface area contributed by atoms with Gasteiger partial charge in [-0.15, -0.1) is 0 Å². The van der Waals surface area contributed by atoms with Gasteiger partial charge in [-0.2, -0.15) is 0 Å². The monoisotopic (exact) mass is 176 g/mol. The Bertz CT molecular complexity index is 322. The van der Waals surface area contributed by atoms with Crippen molar-refractivity contribution in [2.24, 2.45) is 4.99 Å². The van der Waals surface area contributed by atoms with E-state index in [1.807, 2.05) is 25.1 Å². The van der Waals surface area contributed by atoms with Crippen LogP contribution in [-0.4, -0.2) is 18.0 Å². The fourth-order valence-electron chi connectivity index (χ4n) is 1.35. The molecular formula is C10H12N2O. The third kappa shape index (κ3) is 1.70. The minimum Gasteiger partial charge on any atom is -0.273 e. The zero-order chi connectivity index (χ0) is 9.10. The van der Waals surface area contributed by atoms with Gasteiger partial charge in [0.05, 0.1) is 18.8 Å². The van der Waals surface area contributed by atoms with Gasteiger partial charge >= 0.3 is 0 Å². The maximum atomic E-state index is 5.32. The van der Waals surface area contributed by atoms with E-state index in [1.54, 1.807) is 11.4 Å². The maximum absolute atomic E-state index is 5.32. The van der Waals surface area contributed by atoms with E-state index < -0.39 is 0 Å². The molecule has 0 saturated heterocycles. The van der Waals surface area contributed by atoms with E-state index in [1.165, 1.54) is 5.56 Å². The number of nitrogens with zero attached hydrogens (tertiary/aromatic N) is 2. The van der Waals surface area contributed by atoms with Crippen LogP contribution in [0.3, 0.4) is 0 Å². The van der Waals surface area contributed by atoms with Crippen molar-refractivity contribution in [3.63, 3.8) is 0 Å². The molecule has 0 N–H and O–H groups in total. The van der Waals surface area contributed by atoms with Crippen LogP contribution in [0.5, 0.6) is 0 Å². The average Bonchev–Trinajstić information content (AvgIpc) is 2.18. The average molecular weight is 176 g/mol. The van der Waals surface area contributed by atoms with Crippen molar-refractivity contribution < 1.29 is 4.84 Å². The van der Waals surface area contributed by atoms with Gasteiger partial charge in [0.25, 0.3) is 0 Å². The highest BCUT2D eigenvalue weighted by Crippen LogP contribution is 2.23. The number of para-hydroxylation sites is 1. The molecule has 0 amide bonds. The maximum Gasteiger partial charge on any atom is 0.117 e. The largest absolute Gasteiger partial charge is 0.273 e. The highest BCUT2D eigenvalue weighted by atomic mass is 16.7. The Hall–Kier alpha value is -1.35. The lowest BCUT2D eigenvalue weighted by Gasteiger charge is -2.22. The van der Waals surface area contributed by atoms with Crippen molar-refractivity contribution in [2.75, 3.05) is 6.61 Å². The highest BCUT2D eigenvalue weighted by Gasteiger charge is 2.10. The van der Waals surface area contributed by atoms with Crippen LogP contribution in [0.1, 0.15) is 12.5 Å². The van der Waals surface area contributed by atoms with Crippen molar-refractivity contribution in [3.05, 3.63) is 29.8 Å². The summed E-state index contributed by atoms with van der Waals surface area (Å²) in [5.41, 5.74) is 2.25. The van der Waals surface area contributed by atoms with Crippen LogP contribution >= 0.6 is 0 Å². The van der Waals surface area contributed by atoms with Crippen molar-refractivity contribution in [3.8, 4) is 0 Å². The molecule has 0 radical (unpaired) electrons. The molecule has 0 saturated carbocycles. The van der Waals surface area contributed by atoms with E-state index in [0.29, 0.717) is 6.61 Å². The first-order valence-electron chi connectivity index (χ1n) is 4.42. The summed E-state index contributed by atoms with van der Waals surface area (Å²) >= 11 is 0. The van der Waals surface area contributed by atoms with Gasteiger partial charge in [0.15, 0.2) is 0 Å². The molecule has 1 aromatic rings. The summed E-state index contributed by atoms with van der Waals surface area (Å²) in [7, 11) is 0. The number of aliphatic imine (C=N–C) groups is 1. The Kier molecular flexibility index (Phi) is 2.27. The summed E-state index contributed by atoms with van der Waals surface area (Å²) in [6, 6.07) is 8.09. The fraction of sp³-hybridized carbons (Fsp3) is 0.300. The topological polar surface area (TPSA) is 24.8 Å². The minimum absolute atomic E-state index is 0.675. The minimum atomic E-state index is 0.675. The van der Waals surface area contributed by atoms with E-state index in [2.05, 4.69) is 11.1 Å². The third-order valence-corrected chi connectivity index (χ3v) is 1.94. The zero-order valence-corrected chi connectivity index (χ0v) is 7.60. The number of benzene rings is 1. The molecule has 0 bridgehead atoms. The van der Waals surface area contributed by atoms with Gasteiger partial charge in [-0.3, -0.25) is 4.84 Å². The van der Waals surface area contributed by atoms with Gasteiger partial charge in [-0.1, -0.05) is 18.2 Å². The first-order valence-corrected chi connectivity index (χ1v) is 4.42. The normalized spacial score (nSPS) is 14.4. The lowest BCUT2D eigenvalue weighted by Crippen LogP contribution is -2.24. The predicted molar refractivity (Wildman–Crippen MR) is 51.8 cm³/mol. The molecule has 0 atom stereocenters. The van der Waals surface area contributed by atoms with Gasteiger partial charge in [0.1, 0.15) is 6.34 Å². The second-order valence-electron chi connectivity index (χ2n) is 2.87. The van der Waals surface area contributed by atoms with Crippen LogP contribution in [0.25, 0.3) is 0 Å². The Morgan fingerprint density at radius 1 is 1.46 bits per heavy atom. The summed E-state index contributed by atoms with van der Waals surface area (Å²) in [6.45, 7) is 3.43. The molecule has 0 aliphatic carbocycles. The Balaban J connectivity index is 2.19. The number of rotatable bonds is 2. The van der Waals surface area contributed by atoms with Crippen LogP contribution in [0.4, 0.5) is 5.69 Å². The summed E-state index contributed by atoms with van der Waals surface area (Å²) < 4.78 is 0. The van der Waals surface area contributed by atoms with Gasteiger partial charge < -0.3 is 0 Å². The molecule has 1 aliphatic heterocycles. The lowest BCUT2D eigenvalue weighted by atomic mass is 10.1. The molecule has 1 aliphatic rings. The quantitative estimate of drug-likeness (QED) is 0.689. The van der Waals surface area contributed by atoms with Crippen LogP contribution in [-0.2, 0) is 11.4 Å². The first kappa shape index (κ1) is 8.26. The van der Waals surface area contributed by atoms with E-state index in [0.717, 1.165) is 12.2 Å².